The van der Waals surface area contributed by atoms with Gasteiger partial charge >= 0.3 is 6.36 Å². The van der Waals surface area contributed by atoms with Crippen molar-refractivity contribution in [1.82, 2.24) is 0 Å². The molecule has 2 heterocycles. The van der Waals surface area contributed by atoms with Crippen molar-refractivity contribution in [2.75, 3.05) is 13.2 Å². The molecule has 5 aromatic carbocycles. The highest BCUT2D eigenvalue weighted by atomic mass is 35.5. The summed E-state index contributed by atoms with van der Waals surface area (Å²) in [5.41, 5.74) is 3.38. The summed E-state index contributed by atoms with van der Waals surface area (Å²) in [5.74, 6) is -1.89. The predicted molar refractivity (Wildman–Crippen MR) is 191 cm³/mol. The highest BCUT2D eigenvalue weighted by molar-refractivity contribution is 6.31. The van der Waals surface area contributed by atoms with E-state index in [0.29, 0.717) is 21.7 Å². The topological polar surface area (TPSA) is 75.6 Å². The Morgan fingerprint density at radius 3 is 1.77 bits per heavy atom. The van der Waals surface area contributed by atoms with Crippen molar-refractivity contribution in [1.29, 1.82) is 0 Å². The lowest BCUT2D eigenvalue weighted by molar-refractivity contribution is -0.353. The van der Waals surface area contributed by atoms with Crippen LogP contribution in [0.2, 0.25) is 5.02 Å². The summed E-state index contributed by atoms with van der Waals surface area (Å²) in [6.45, 7) is 0.169. The maximum Gasteiger partial charge on any atom is 0.573 e. The zero-order valence-corrected chi connectivity index (χ0v) is 29.3. The molecule has 2 aliphatic heterocycles. The van der Waals surface area contributed by atoms with Gasteiger partial charge in [-0.2, -0.15) is 0 Å². The van der Waals surface area contributed by atoms with Gasteiger partial charge in [0, 0.05) is 10.6 Å². The van der Waals surface area contributed by atoms with E-state index >= 15 is 0 Å². The third kappa shape index (κ3) is 8.45. The summed E-state index contributed by atoms with van der Waals surface area (Å²) < 4.78 is 76.2. The first-order chi connectivity index (χ1) is 25.7. The van der Waals surface area contributed by atoms with E-state index in [1.807, 2.05) is 97.1 Å². The van der Waals surface area contributed by atoms with Crippen LogP contribution in [0.4, 0.5) is 13.2 Å². The third-order valence-electron chi connectivity index (χ3n) is 9.47. The van der Waals surface area contributed by atoms with Crippen LogP contribution in [0.3, 0.4) is 0 Å². The van der Waals surface area contributed by atoms with E-state index in [1.165, 1.54) is 12.1 Å². The second-order valence-electron chi connectivity index (χ2n) is 13.2. The van der Waals surface area contributed by atoms with Gasteiger partial charge < -0.3 is 33.5 Å². The van der Waals surface area contributed by atoms with Crippen molar-refractivity contribution in [2.24, 2.45) is 0 Å². The van der Waals surface area contributed by atoms with Crippen molar-refractivity contribution in [3.63, 3.8) is 0 Å². The molecular weight excluding hydrogens is 709 g/mol. The van der Waals surface area contributed by atoms with Crippen LogP contribution in [0.15, 0.2) is 133 Å². The largest absolute Gasteiger partial charge is 0.573 e. The summed E-state index contributed by atoms with van der Waals surface area (Å²) in [5, 5.41) is 11.5. The molecule has 0 saturated carbocycles. The minimum absolute atomic E-state index is 0.0298. The fraction of sp³-hybridized carbons (Fsp3) is 0.286. The second kappa shape index (κ2) is 16.0. The zero-order chi connectivity index (χ0) is 36.9. The Hall–Kier alpha value is -4.26. The molecule has 7 rings (SSSR count). The summed E-state index contributed by atoms with van der Waals surface area (Å²) in [6, 6.07) is 40.1. The van der Waals surface area contributed by atoms with Gasteiger partial charge in [-0.1, -0.05) is 121 Å². The van der Waals surface area contributed by atoms with Gasteiger partial charge in [-0.25, -0.2) is 0 Å². The van der Waals surface area contributed by atoms with E-state index in [0.717, 1.165) is 16.7 Å². The first-order valence-electron chi connectivity index (χ1n) is 17.2. The highest BCUT2D eigenvalue weighted by Gasteiger charge is 2.69. The van der Waals surface area contributed by atoms with Gasteiger partial charge in [0.15, 0.2) is 0 Å². The number of hydrogen-bond donors (Lipinski definition) is 1. The number of alkyl halides is 3. The van der Waals surface area contributed by atoms with Crippen LogP contribution in [-0.4, -0.2) is 48.6 Å². The number of hydrogen-bond acceptors (Lipinski definition) is 7. The van der Waals surface area contributed by atoms with Crippen LogP contribution in [0, 0.1) is 0 Å². The summed E-state index contributed by atoms with van der Waals surface area (Å²) in [6.07, 6.45) is -7.05. The van der Waals surface area contributed by atoms with Gasteiger partial charge in [0.05, 0.1) is 33.0 Å². The van der Waals surface area contributed by atoms with Crippen LogP contribution in [-0.2, 0) is 55.7 Å². The first-order valence-corrected chi connectivity index (χ1v) is 17.6. The molecular formula is C42H38ClF3O7. The Morgan fingerprint density at radius 1 is 0.679 bits per heavy atom. The van der Waals surface area contributed by atoms with Crippen LogP contribution >= 0.6 is 11.6 Å². The molecule has 0 aliphatic carbocycles. The quantitative estimate of drug-likeness (QED) is 0.122. The Morgan fingerprint density at radius 2 is 1.23 bits per heavy atom. The smallest absolute Gasteiger partial charge is 0.406 e. The molecule has 5 aromatic rings. The maximum atomic E-state index is 12.8. The molecule has 0 aromatic heterocycles. The maximum absolute atomic E-state index is 12.8. The molecule has 0 amide bonds. The Kier molecular flexibility index (Phi) is 11.2. The number of benzene rings is 5. The van der Waals surface area contributed by atoms with E-state index < -0.39 is 42.7 Å². The van der Waals surface area contributed by atoms with Crippen molar-refractivity contribution in [2.45, 2.75) is 62.3 Å². The molecule has 5 atom stereocenters. The zero-order valence-electron chi connectivity index (χ0n) is 28.6. The lowest BCUT2D eigenvalue weighted by Gasteiger charge is -2.50. The molecule has 0 spiro atoms. The molecule has 7 nitrogen and oxygen atoms in total. The van der Waals surface area contributed by atoms with Crippen LogP contribution in [0.1, 0.15) is 33.4 Å². The number of aliphatic hydroxyl groups excluding tert-OH is 1. The number of fused-ring (bicyclic) bond motifs is 2. The van der Waals surface area contributed by atoms with E-state index in [2.05, 4.69) is 4.74 Å². The molecule has 0 unspecified atom stereocenters. The molecule has 11 heteroatoms. The summed E-state index contributed by atoms with van der Waals surface area (Å²) in [7, 11) is 0. The monoisotopic (exact) mass is 746 g/mol. The van der Waals surface area contributed by atoms with Crippen molar-refractivity contribution in [3.05, 3.63) is 172 Å². The molecule has 2 bridgehead atoms. The number of rotatable bonds is 14. The number of aliphatic hydroxyl groups is 1. The van der Waals surface area contributed by atoms with Gasteiger partial charge in [-0.05, 0) is 58.5 Å². The fourth-order valence-corrected chi connectivity index (χ4v) is 7.07. The Balaban J connectivity index is 1.27. The van der Waals surface area contributed by atoms with Crippen molar-refractivity contribution >= 4 is 11.6 Å². The fourth-order valence-electron chi connectivity index (χ4n) is 6.89. The van der Waals surface area contributed by atoms with E-state index in [1.54, 1.807) is 24.3 Å². The second-order valence-corrected chi connectivity index (χ2v) is 13.6. The molecule has 276 valence electrons. The van der Waals surface area contributed by atoms with E-state index in [-0.39, 0.29) is 38.6 Å². The van der Waals surface area contributed by atoms with Crippen LogP contribution < -0.4 is 4.74 Å². The molecule has 2 aliphatic rings. The van der Waals surface area contributed by atoms with Gasteiger partial charge in [-0.15, -0.1) is 13.2 Å². The van der Waals surface area contributed by atoms with Gasteiger partial charge in [0.25, 0.3) is 0 Å². The van der Waals surface area contributed by atoms with Crippen molar-refractivity contribution in [3.8, 4) is 5.75 Å². The van der Waals surface area contributed by atoms with Gasteiger partial charge in [-0.3, -0.25) is 0 Å². The van der Waals surface area contributed by atoms with Crippen LogP contribution in [0.5, 0.6) is 5.75 Å². The normalized spacial score (nSPS) is 23.9. The van der Waals surface area contributed by atoms with Gasteiger partial charge in [0.1, 0.15) is 29.7 Å². The van der Waals surface area contributed by atoms with E-state index in [9.17, 15) is 18.3 Å². The summed E-state index contributed by atoms with van der Waals surface area (Å²) in [4.78, 5) is 0. The molecule has 1 N–H and O–H groups in total. The van der Waals surface area contributed by atoms with Gasteiger partial charge in [0.2, 0.25) is 5.79 Å². The minimum Gasteiger partial charge on any atom is -0.406 e. The lowest BCUT2D eigenvalue weighted by atomic mass is 9.83. The molecule has 2 fully saturated rings. The number of ether oxygens (including phenoxy) is 6. The minimum atomic E-state index is -4.79. The summed E-state index contributed by atoms with van der Waals surface area (Å²) >= 11 is 6.73. The third-order valence-corrected chi connectivity index (χ3v) is 9.84. The average Bonchev–Trinajstić information content (AvgIpc) is 3.53. The molecule has 2 saturated heterocycles. The van der Waals surface area contributed by atoms with Crippen LogP contribution in [0.25, 0.3) is 0 Å². The molecule has 53 heavy (non-hydrogen) atoms. The number of halogens is 4. The Labute approximate surface area is 310 Å². The standard InChI is InChI=1S/C42H38ClF3O7/c43-36-21-18-34(23-33(36)22-29-16-19-35(20-17-29)52-42(44,45)46)41-39(50-26-32-14-8-3-9-15-32)37(48-24-30-10-4-1-5-11-30)38(40(27-47,53-41)28-51-41)49-25-31-12-6-2-7-13-31/h1-21,23,37-39,47H,22,24-28H2/t37-,38-,39+,40+,41+/m0/s1. The highest BCUT2D eigenvalue weighted by Crippen LogP contribution is 2.53. The average molecular weight is 747 g/mol. The van der Waals surface area contributed by atoms with Crippen molar-refractivity contribution < 1.29 is 46.7 Å². The predicted octanol–water partition coefficient (Wildman–Crippen LogP) is 8.53. The lowest BCUT2D eigenvalue weighted by Crippen LogP contribution is -2.67. The van der Waals surface area contributed by atoms with E-state index in [4.69, 9.17) is 35.3 Å². The Bertz CT molecular complexity index is 1930. The SMILES string of the molecule is OC[C@]12CO[C@](c3ccc(Cl)c(Cc4ccc(OC(F)(F)F)cc4)c3)(O1)[C@H](OCc1ccccc1)[C@@H](OCc1ccccc1)[C@@H]2OCc1ccccc1. The first kappa shape index (κ1) is 37.1. The molecule has 0 radical (unpaired) electrons.